The number of anilines is 1. The third-order valence-corrected chi connectivity index (χ3v) is 7.09. The molecule has 4 rings (SSSR count). The molecule has 2 aliphatic heterocycles. The van der Waals surface area contributed by atoms with Gasteiger partial charge in [0, 0.05) is 31.9 Å². The highest BCUT2D eigenvalue weighted by Crippen LogP contribution is 2.36. The molecular weight excluding hydrogens is 421 g/mol. The molecule has 0 spiro atoms. The maximum Gasteiger partial charge on any atom is 0.262 e. The molecule has 2 heterocycles. The quantitative estimate of drug-likeness (QED) is 0.740. The fourth-order valence-electron chi connectivity index (χ4n) is 3.96. The van der Waals surface area contributed by atoms with E-state index in [1.807, 2.05) is 0 Å². The fourth-order valence-corrected chi connectivity index (χ4v) is 5.10. The van der Waals surface area contributed by atoms with E-state index in [2.05, 4.69) is 15.0 Å². The van der Waals surface area contributed by atoms with Crippen LogP contribution in [0.25, 0.3) is 0 Å². The number of halogens is 1. The van der Waals surface area contributed by atoms with Gasteiger partial charge in [-0.1, -0.05) is 18.2 Å². The summed E-state index contributed by atoms with van der Waals surface area (Å²) in [4.78, 5) is 17.6. The summed E-state index contributed by atoms with van der Waals surface area (Å²) in [6, 6.07) is 12.0. The molecule has 31 heavy (non-hydrogen) atoms. The normalized spacial score (nSPS) is 18.3. The Balaban J connectivity index is 1.58. The molecule has 9 heteroatoms. The number of benzene rings is 2. The number of nitrogens with one attached hydrogen (secondary N) is 2. The van der Waals surface area contributed by atoms with Gasteiger partial charge in [0.2, 0.25) is 5.91 Å². The molecule has 164 valence electrons. The summed E-state index contributed by atoms with van der Waals surface area (Å²) in [7, 11) is -3.79. The minimum Gasteiger partial charge on any atom is -0.381 e. The van der Waals surface area contributed by atoms with Crippen molar-refractivity contribution in [3.05, 3.63) is 59.9 Å². The van der Waals surface area contributed by atoms with Gasteiger partial charge in [-0.2, -0.15) is 0 Å². The predicted molar refractivity (Wildman–Crippen MR) is 115 cm³/mol. The first-order valence-corrected chi connectivity index (χ1v) is 11.7. The van der Waals surface area contributed by atoms with Crippen LogP contribution in [0.5, 0.6) is 0 Å². The van der Waals surface area contributed by atoms with E-state index in [0.717, 1.165) is 6.42 Å². The summed E-state index contributed by atoms with van der Waals surface area (Å²) in [5, 5.41) is 2.86. The molecule has 2 aromatic rings. The van der Waals surface area contributed by atoms with Crippen molar-refractivity contribution in [3.63, 3.8) is 0 Å². The van der Waals surface area contributed by atoms with Crippen LogP contribution < -0.4 is 10.0 Å². The second-order valence-corrected chi connectivity index (χ2v) is 9.40. The summed E-state index contributed by atoms with van der Waals surface area (Å²) in [6.07, 6.45) is 2.31. The minimum atomic E-state index is -3.79. The minimum absolute atomic E-state index is 0.0442. The summed E-state index contributed by atoms with van der Waals surface area (Å²) in [6.45, 7) is 1.43. The number of nitrogens with zero attached hydrogens (tertiary/aromatic N) is 1. The van der Waals surface area contributed by atoms with Crippen LogP contribution in [0.3, 0.4) is 0 Å². The highest BCUT2D eigenvalue weighted by molar-refractivity contribution is 7.90. The van der Waals surface area contributed by atoms with Crippen LogP contribution >= 0.6 is 0 Å². The highest BCUT2D eigenvalue weighted by Gasteiger charge is 2.41. The zero-order valence-electron chi connectivity index (χ0n) is 16.9. The van der Waals surface area contributed by atoms with E-state index < -0.39 is 15.4 Å². The van der Waals surface area contributed by atoms with E-state index in [1.165, 1.54) is 24.3 Å². The molecule has 0 atom stereocenters. The number of carbonyl (C=O) groups excluding carboxylic acids is 1. The Bertz CT molecular complexity index is 1090. The maximum absolute atomic E-state index is 13.4. The largest absolute Gasteiger partial charge is 0.381 e. The van der Waals surface area contributed by atoms with Crippen molar-refractivity contribution in [2.45, 2.75) is 36.0 Å². The first kappa shape index (κ1) is 21.5. The lowest BCUT2D eigenvalue weighted by atomic mass is 9.73. The van der Waals surface area contributed by atoms with Crippen LogP contribution in [0, 0.1) is 5.82 Å². The van der Waals surface area contributed by atoms with Gasteiger partial charge < -0.3 is 10.1 Å². The van der Waals surface area contributed by atoms with Crippen LogP contribution in [0.15, 0.2) is 58.4 Å². The maximum atomic E-state index is 13.4. The molecule has 2 aromatic carbocycles. The Morgan fingerprint density at radius 2 is 1.84 bits per heavy atom. The molecule has 0 aliphatic carbocycles. The molecule has 7 nitrogen and oxygen atoms in total. The molecule has 0 unspecified atom stereocenters. The Morgan fingerprint density at radius 3 is 2.52 bits per heavy atom. The number of hydrogen-bond donors (Lipinski definition) is 2. The number of carbonyl (C=O) groups is 1. The third-order valence-electron chi connectivity index (χ3n) is 5.71. The lowest BCUT2D eigenvalue weighted by molar-refractivity contribution is -0.125. The molecule has 2 N–H and O–H groups in total. The average molecular weight is 446 g/mol. The topological polar surface area (TPSA) is 96.9 Å². The molecule has 0 saturated carbocycles. The van der Waals surface area contributed by atoms with Gasteiger partial charge in [0.05, 0.1) is 10.3 Å². The van der Waals surface area contributed by atoms with Gasteiger partial charge in [0.1, 0.15) is 11.7 Å². The first-order valence-electron chi connectivity index (χ1n) is 10.2. The number of aliphatic imine (C=N–C) groups is 1. The van der Waals surface area contributed by atoms with E-state index in [1.54, 1.807) is 24.3 Å². The highest BCUT2D eigenvalue weighted by atomic mass is 32.2. The standard InChI is InChI=1S/C22H24FN3O4S/c23-17-8-6-16(7-9-17)22(10-13-30-14-11-22)21(27)25-18-3-1-4-19(15-18)31(28,29)26-20-5-2-12-24-20/h1,3-4,6-9,15H,2,5,10-14H2,(H,24,26)(H,25,27). The van der Waals surface area contributed by atoms with Crippen molar-refractivity contribution < 1.29 is 22.3 Å². The van der Waals surface area contributed by atoms with Crippen molar-refractivity contribution in [1.82, 2.24) is 4.72 Å². The predicted octanol–water partition coefficient (Wildman–Crippen LogP) is 2.98. The summed E-state index contributed by atoms with van der Waals surface area (Å²) in [5.41, 5.74) is 0.200. The lowest BCUT2D eigenvalue weighted by Crippen LogP contribution is -2.44. The third kappa shape index (κ3) is 4.62. The molecule has 1 fully saturated rings. The number of ether oxygens (including phenoxy) is 1. The number of amides is 1. The van der Waals surface area contributed by atoms with E-state index in [4.69, 9.17) is 4.74 Å². The van der Waals surface area contributed by atoms with Gasteiger partial charge in [-0.3, -0.25) is 14.5 Å². The summed E-state index contributed by atoms with van der Waals surface area (Å²) in [5.74, 6) is -0.194. The number of sulfonamides is 1. The van der Waals surface area contributed by atoms with Crippen molar-refractivity contribution in [2.75, 3.05) is 25.1 Å². The number of rotatable bonds is 5. The van der Waals surface area contributed by atoms with Crippen LogP contribution in [-0.4, -0.2) is 39.9 Å². The van der Waals surface area contributed by atoms with Crippen molar-refractivity contribution >= 4 is 27.5 Å². The molecule has 1 amide bonds. The fraction of sp³-hybridized carbons (Fsp3) is 0.364. The zero-order chi connectivity index (χ0) is 21.9. The number of amidine groups is 1. The zero-order valence-corrected chi connectivity index (χ0v) is 17.8. The van der Waals surface area contributed by atoms with Crippen molar-refractivity contribution in [1.29, 1.82) is 0 Å². The van der Waals surface area contributed by atoms with Crippen molar-refractivity contribution in [3.8, 4) is 0 Å². The van der Waals surface area contributed by atoms with Gasteiger partial charge >= 0.3 is 0 Å². The summed E-state index contributed by atoms with van der Waals surface area (Å²) >= 11 is 0. The van der Waals surface area contributed by atoms with Gasteiger partial charge in [0.25, 0.3) is 10.0 Å². The van der Waals surface area contributed by atoms with E-state index >= 15 is 0 Å². The van der Waals surface area contributed by atoms with Crippen LogP contribution in [0.2, 0.25) is 0 Å². The Labute approximate surface area is 180 Å². The van der Waals surface area contributed by atoms with Crippen LogP contribution in [-0.2, 0) is 25.0 Å². The second-order valence-electron chi connectivity index (χ2n) is 7.72. The lowest BCUT2D eigenvalue weighted by Gasteiger charge is -2.36. The van der Waals surface area contributed by atoms with Crippen molar-refractivity contribution in [2.24, 2.45) is 4.99 Å². The van der Waals surface area contributed by atoms with E-state index in [-0.39, 0.29) is 16.6 Å². The molecule has 1 saturated heterocycles. The Hall–Kier alpha value is -2.78. The monoisotopic (exact) mass is 445 g/mol. The molecule has 0 aromatic heterocycles. The van der Waals surface area contributed by atoms with E-state index in [0.29, 0.717) is 56.1 Å². The SMILES string of the molecule is O=C(Nc1cccc(S(=O)(=O)NC2=NCCC2)c1)C1(c2ccc(F)cc2)CCOCC1. The Kier molecular flexibility index (Phi) is 6.06. The summed E-state index contributed by atoms with van der Waals surface area (Å²) < 4.78 is 46.8. The van der Waals surface area contributed by atoms with Gasteiger partial charge in [-0.25, -0.2) is 12.8 Å². The van der Waals surface area contributed by atoms with Crippen LogP contribution in [0.1, 0.15) is 31.2 Å². The molecule has 0 radical (unpaired) electrons. The van der Waals surface area contributed by atoms with Gasteiger partial charge in [-0.05, 0) is 55.2 Å². The number of hydrogen-bond acceptors (Lipinski definition) is 5. The smallest absolute Gasteiger partial charge is 0.262 e. The van der Waals surface area contributed by atoms with Crippen LogP contribution in [0.4, 0.5) is 10.1 Å². The molecular formula is C22H24FN3O4S. The average Bonchev–Trinajstić information content (AvgIpc) is 3.27. The molecule has 0 bridgehead atoms. The van der Waals surface area contributed by atoms with E-state index in [9.17, 15) is 17.6 Å². The van der Waals surface area contributed by atoms with Gasteiger partial charge in [0.15, 0.2) is 0 Å². The first-order chi connectivity index (χ1) is 14.9. The Morgan fingerprint density at radius 1 is 1.10 bits per heavy atom. The van der Waals surface area contributed by atoms with Gasteiger partial charge in [-0.15, -0.1) is 0 Å². The molecule has 2 aliphatic rings. The second kappa shape index (κ2) is 8.76.